The Morgan fingerprint density at radius 1 is 1.29 bits per heavy atom. The second-order valence-corrected chi connectivity index (χ2v) is 5.90. The van der Waals surface area contributed by atoms with Crippen LogP contribution in [-0.2, 0) is 4.74 Å². The normalized spacial score (nSPS) is 21.6. The van der Waals surface area contributed by atoms with Crippen LogP contribution in [0.2, 0.25) is 5.02 Å². The maximum Gasteiger partial charge on any atom is 0.0970 e. The fourth-order valence-electron chi connectivity index (χ4n) is 2.24. The minimum atomic E-state index is 0.564. The number of aromatic nitrogens is 1. The molecule has 3 rings (SSSR count). The molecule has 1 saturated heterocycles. The van der Waals surface area contributed by atoms with Gasteiger partial charge < -0.3 is 4.74 Å². The lowest BCUT2D eigenvalue weighted by Gasteiger charge is -2.08. The second kappa shape index (κ2) is 4.92. The maximum absolute atomic E-state index is 5.98. The lowest BCUT2D eigenvalue weighted by atomic mass is 10.0. The molecule has 0 radical (unpaired) electrons. The summed E-state index contributed by atoms with van der Waals surface area (Å²) in [4.78, 5) is 4.72. The zero-order valence-corrected chi connectivity index (χ0v) is 11.1. The van der Waals surface area contributed by atoms with Crippen molar-refractivity contribution in [2.24, 2.45) is 0 Å². The molecule has 2 heterocycles. The van der Waals surface area contributed by atoms with Crippen LogP contribution in [0, 0.1) is 0 Å². The number of hydrogen-bond donors (Lipinski definition) is 0. The minimum absolute atomic E-state index is 0.564. The highest BCUT2D eigenvalue weighted by Crippen LogP contribution is 2.34. The van der Waals surface area contributed by atoms with Crippen molar-refractivity contribution in [3.05, 3.63) is 28.2 Å². The first kappa shape index (κ1) is 11.5. The molecule has 0 unspecified atom stereocenters. The summed E-state index contributed by atoms with van der Waals surface area (Å²) in [7, 11) is 0. The molecule has 1 aliphatic rings. The number of fused-ring (bicyclic) bond motifs is 1. The molecule has 17 heavy (non-hydrogen) atoms. The van der Waals surface area contributed by atoms with Crippen molar-refractivity contribution in [2.75, 3.05) is 13.2 Å². The highest BCUT2D eigenvalue weighted by molar-refractivity contribution is 7.18. The monoisotopic (exact) mass is 267 g/mol. The fourth-order valence-corrected chi connectivity index (χ4v) is 3.53. The molecule has 0 saturated carbocycles. The summed E-state index contributed by atoms with van der Waals surface area (Å²) in [6.45, 7) is 1.76. The molecule has 0 N–H and O–H groups in total. The van der Waals surface area contributed by atoms with Crippen molar-refractivity contribution >= 4 is 33.2 Å². The van der Waals surface area contributed by atoms with Crippen molar-refractivity contribution in [2.45, 2.75) is 25.2 Å². The van der Waals surface area contributed by atoms with Gasteiger partial charge in [0.15, 0.2) is 0 Å². The van der Waals surface area contributed by atoms with E-state index in [1.165, 1.54) is 16.1 Å². The molecule has 1 aliphatic heterocycles. The highest BCUT2D eigenvalue weighted by atomic mass is 35.5. The summed E-state index contributed by atoms with van der Waals surface area (Å²) in [5.41, 5.74) is 1.03. The quantitative estimate of drug-likeness (QED) is 0.771. The summed E-state index contributed by atoms with van der Waals surface area (Å²) in [6, 6.07) is 5.94. The zero-order chi connectivity index (χ0) is 11.7. The summed E-state index contributed by atoms with van der Waals surface area (Å²) < 4.78 is 6.73. The van der Waals surface area contributed by atoms with E-state index in [9.17, 15) is 0 Å². The van der Waals surface area contributed by atoms with E-state index < -0.39 is 0 Å². The lowest BCUT2D eigenvalue weighted by Crippen LogP contribution is -1.98. The average molecular weight is 268 g/mol. The Morgan fingerprint density at radius 2 is 2.24 bits per heavy atom. The zero-order valence-electron chi connectivity index (χ0n) is 9.49. The van der Waals surface area contributed by atoms with Crippen LogP contribution in [0.25, 0.3) is 10.2 Å². The molecule has 1 aromatic carbocycles. The molecule has 1 aromatic heterocycles. The van der Waals surface area contributed by atoms with Crippen molar-refractivity contribution in [3.63, 3.8) is 0 Å². The summed E-state index contributed by atoms with van der Waals surface area (Å²) in [5, 5.41) is 2.01. The Labute approximate surface area is 110 Å². The van der Waals surface area contributed by atoms with Crippen LogP contribution in [-0.4, -0.2) is 18.2 Å². The fraction of sp³-hybridized carbons (Fsp3) is 0.462. The van der Waals surface area contributed by atoms with Crippen LogP contribution in [0.1, 0.15) is 30.2 Å². The average Bonchev–Trinajstić information content (AvgIpc) is 2.57. The third-order valence-electron chi connectivity index (χ3n) is 3.17. The van der Waals surface area contributed by atoms with Crippen molar-refractivity contribution in [1.29, 1.82) is 0 Å². The van der Waals surface area contributed by atoms with Crippen LogP contribution in [0.4, 0.5) is 0 Å². The third kappa shape index (κ3) is 2.46. The molecule has 90 valence electrons. The van der Waals surface area contributed by atoms with Gasteiger partial charge in [-0.1, -0.05) is 11.6 Å². The van der Waals surface area contributed by atoms with E-state index in [4.69, 9.17) is 21.3 Å². The Morgan fingerprint density at radius 3 is 3.18 bits per heavy atom. The first-order chi connectivity index (χ1) is 8.33. The standard InChI is InChI=1S/C13H14ClNOS/c14-10-3-4-12-11(8-10)15-13(17-12)9-2-1-6-16-7-5-9/h3-4,8-9H,1-2,5-7H2/t9-/m0/s1. The van der Waals surface area contributed by atoms with Crippen LogP contribution in [0.15, 0.2) is 18.2 Å². The molecule has 2 nitrogen and oxygen atoms in total. The molecule has 2 aromatic rings. The van der Waals surface area contributed by atoms with Crippen molar-refractivity contribution in [3.8, 4) is 0 Å². The largest absolute Gasteiger partial charge is 0.381 e. The van der Waals surface area contributed by atoms with E-state index in [1.54, 1.807) is 11.3 Å². The van der Waals surface area contributed by atoms with Gasteiger partial charge in [-0.15, -0.1) is 11.3 Å². The van der Waals surface area contributed by atoms with Gasteiger partial charge >= 0.3 is 0 Å². The van der Waals surface area contributed by atoms with E-state index in [0.29, 0.717) is 5.92 Å². The number of hydrogen-bond acceptors (Lipinski definition) is 3. The highest BCUT2D eigenvalue weighted by Gasteiger charge is 2.18. The molecular formula is C13H14ClNOS. The first-order valence-electron chi connectivity index (χ1n) is 5.96. The molecule has 0 amide bonds. The number of rotatable bonds is 1. The number of thiazole rings is 1. The van der Waals surface area contributed by atoms with Gasteiger partial charge in [0.1, 0.15) is 0 Å². The predicted molar refractivity (Wildman–Crippen MR) is 72.0 cm³/mol. The summed E-state index contributed by atoms with van der Waals surface area (Å²) in [6.07, 6.45) is 3.42. The van der Waals surface area contributed by atoms with Crippen LogP contribution in [0.3, 0.4) is 0 Å². The SMILES string of the molecule is Clc1ccc2sc([C@H]3CCCOCC3)nc2c1. The van der Waals surface area contributed by atoms with Gasteiger partial charge in [0.05, 0.1) is 15.2 Å². The maximum atomic E-state index is 5.98. The van der Waals surface area contributed by atoms with Gasteiger partial charge in [0.2, 0.25) is 0 Å². The van der Waals surface area contributed by atoms with Gasteiger partial charge in [0.25, 0.3) is 0 Å². The van der Waals surface area contributed by atoms with Gasteiger partial charge in [-0.05, 0) is 37.5 Å². The summed E-state index contributed by atoms with van der Waals surface area (Å²) in [5.74, 6) is 0.564. The smallest absolute Gasteiger partial charge is 0.0970 e. The topological polar surface area (TPSA) is 22.1 Å². The van der Waals surface area contributed by atoms with Crippen LogP contribution < -0.4 is 0 Å². The molecule has 1 atom stereocenters. The Balaban J connectivity index is 1.93. The molecular weight excluding hydrogens is 254 g/mol. The third-order valence-corrected chi connectivity index (χ3v) is 4.60. The van der Waals surface area contributed by atoms with E-state index in [-0.39, 0.29) is 0 Å². The Bertz CT molecular complexity index is 517. The number of benzene rings is 1. The van der Waals surface area contributed by atoms with Crippen LogP contribution in [0.5, 0.6) is 0 Å². The predicted octanol–water partition coefficient (Wildman–Crippen LogP) is 4.23. The van der Waals surface area contributed by atoms with Crippen molar-refractivity contribution in [1.82, 2.24) is 4.98 Å². The van der Waals surface area contributed by atoms with Crippen molar-refractivity contribution < 1.29 is 4.74 Å². The molecule has 0 aliphatic carbocycles. The van der Waals surface area contributed by atoms with Gasteiger partial charge in [-0.2, -0.15) is 0 Å². The van der Waals surface area contributed by atoms with Gasteiger partial charge in [-0.25, -0.2) is 4.98 Å². The van der Waals surface area contributed by atoms with Gasteiger partial charge in [0, 0.05) is 24.2 Å². The molecule has 1 fully saturated rings. The Hall–Kier alpha value is -0.640. The van der Waals surface area contributed by atoms with E-state index in [0.717, 1.165) is 36.6 Å². The molecule has 4 heteroatoms. The number of nitrogens with zero attached hydrogens (tertiary/aromatic N) is 1. The van der Waals surface area contributed by atoms with Gasteiger partial charge in [-0.3, -0.25) is 0 Å². The Kier molecular flexibility index (Phi) is 3.32. The molecule has 0 bridgehead atoms. The number of ether oxygens (including phenoxy) is 1. The molecule has 0 spiro atoms. The summed E-state index contributed by atoms with van der Waals surface area (Å²) >= 11 is 7.78. The lowest BCUT2D eigenvalue weighted by molar-refractivity contribution is 0.143. The van der Waals surface area contributed by atoms with E-state index in [1.807, 2.05) is 12.1 Å². The minimum Gasteiger partial charge on any atom is -0.381 e. The second-order valence-electron chi connectivity index (χ2n) is 4.40. The van der Waals surface area contributed by atoms with Crippen LogP contribution >= 0.6 is 22.9 Å². The first-order valence-corrected chi connectivity index (χ1v) is 7.16. The van der Waals surface area contributed by atoms with E-state index >= 15 is 0 Å². The van der Waals surface area contributed by atoms with E-state index in [2.05, 4.69) is 6.07 Å². The number of halogens is 1.